The number of rotatable bonds is 3. The van der Waals surface area contributed by atoms with E-state index in [1.165, 1.54) is 11.1 Å². The fourth-order valence-electron chi connectivity index (χ4n) is 3.89. The van der Waals surface area contributed by atoms with E-state index in [0.29, 0.717) is 18.8 Å². The molecular formula is C25H21N3O. The zero-order chi connectivity index (χ0) is 19.6. The summed E-state index contributed by atoms with van der Waals surface area (Å²) in [5.74, 6) is 0.754. The van der Waals surface area contributed by atoms with E-state index in [2.05, 4.69) is 18.2 Å². The maximum Gasteiger partial charge on any atom is 0.274 e. The van der Waals surface area contributed by atoms with E-state index in [0.717, 1.165) is 23.5 Å². The van der Waals surface area contributed by atoms with E-state index < -0.39 is 0 Å². The number of hydrogen-bond acceptors (Lipinski definition) is 2. The lowest BCUT2D eigenvalue weighted by atomic mass is 10.00. The van der Waals surface area contributed by atoms with Crippen LogP contribution in [0, 0.1) is 0 Å². The summed E-state index contributed by atoms with van der Waals surface area (Å²) >= 11 is 0. The highest BCUT2D eigenvalue weighted by Gasteiger charge is 2.25. The Morgan fingerprint density at radius 1 is 0.793 bits per heavy atom. The first-order valence-corrected chi connectivity index (χ1v) is 9.86. The fourth-order valence-corrected chi connectivity index (χ4v) is 3.89. The Bertz CT molecular complexity index is 1090. The molecule has 4 heteroatoms. The van der Waals surface area contributed by atoms with Crippen LogP contribution in [0.15, 0.2) is 91.1 Å². The standard InChI is InChI=1S/C25H21N3O/c29-25(27-16-15-19-9-7-8-12-21(19)17-27)23-18-28(22-13-5-2-6-14-22)24(26-23)20-10-3-1-4-11-20/h1-14,18H,15-17H2. The highest BCUT2D eigenvalue weighted by molar-refractivity contribution is 5.93. The van der Waals surface area contributed by atoms with E-state index >= 15 is 0 Å². The molecule has 3 aromatic carbocycles. The summed E-state index contributed by atoms with van der Waals surface area (Å²) in [5, 5.41) is 0. The zero-order valence-corrected chi connectivity index (χ0v) is 16.0. The van der Waals surface area contributed by atoms with E-state index in [9.17, 15) is 4.79 Å². The summed E-state index contributed by atoms with van der Waals surface area (Å²) in [5.41, 5.74) is 5.00. The minimum Gasteiger partial charge on any atom is -0.333 e. The van der Waals surface area contributed by atoms with Crippen molar-refractivity contribution in [3.8, 4) is 17.1 Å². The molecule has 0 saturated carbocycles. The van der Waals surface area contributed by atoms with Crippen molar-refractivity contribution in [3.05, 3.63) is 108 Å². The van der Waals surface area contributed by atoms with Gasteiger partial charge in [-0.25, -0.2) is 4.98 Å². The van der Waals surface area contributed by atoms with Crippen molar-refractivity contribution in [1.82, 2.24) is 14.5 Å². The van der Waals surface area contributed by atoms with E-state index in [1.54, 1.807) is 0 Å². The van der Waals surface area contributed by atoms with E-state index in [-0.39, 0.29) is 5.91 Å². The van der Waals surface area contributed by atoms with Crippen molar-refractivity contribution < 1.29 is 4.79 Å². The second-order valence-electron chi connectivity index (χ2n) is 7.27. The van der Waals surface area contributed by atoms with Gasteiger partial charge >= 0.3 is 0 Å². The second kappa shape index (κ2) is 7.40. The molecule has 0 spiro atoms. The largest absolute Gasteiger partial charge is 0.333 e. The number of fused-ring (bicyclic) bond motifs is 1. The van der Waals surface area contributed by atoms with Crippen molar-refractivity contribution in [2.24, 2.45) is 0 Å². The Balaban J connectivity index is 1.53. The Labute approximate surface area is 170 Å². The van der Waals surface area contributed by atoms with Gasteiger partial charge in [0, 0.05) is 30.5 Å². The van der Waals surface area contributed by atoms with E-state index in [4.69, 9.17) is 4.98 Å². The molecule has 0 bridgehead atoms. The van der Waals surface area contributed by atoms with Crippen LogP contribution in [0.1, 0.15) is 21.6 Å². The van der Waals surface area contributed by atoms with Gasteiger partial charge in [-0.15, -0.1) is 0 Å². The minimum atomic E-state index is -0.0219. The molecular weight excluding hydrogens is 358 g/mol. The molecule has 0 aliphatic carbocycles. The van der Waals surface area contributed by atoms with Crippen LogP contribution in [-0.2, 0) is 13.0 Å². The van der Waals surface area contributed by atoms with Gasteiger partial charge in [0.25, 0.3) is 5.91 Å². The summed E-state index contributed by atoms with van der Waals surface area (Å²) in [4.78, 5) is 19.9. The molecule has 2 heterocycles. The number of aromatic nitrogens is 2. The van der Waals surface area contributed by atoms with Crippen molar-refractivity contribution in [2.75, 3.05) is 6.54 Å². The average molecular weight is 379 g/mol. The van der Waals surface area contributed by atoms with E-state index in [1.807, 2.05) is 82.4 Å². The third-order valence-corrected chi connectivity index (χ3v) is 5.41. The Morgan fingerprint density at radius 3 is 2.21 bits per heavy atom. The highest BCUT2D eigenvalue weighted by atomic mass is 16.2. The van der Waals surface area contributed by atoms with Gasteiger partial charge in [0.05, 0.1) is 0 Å². The van der Waals surface area contributed by atoms with Gasteiger partial charge in [0.1, 0.15) is 11.5 Å². The van der Waals surface area contributed by atoms with Crippen molar-refractivity contribution in [2.45, 2.75) is 13.0 Å². The van der Waals surface area contributed by atoms with Gasteiger partial charge in [-0.3, -0.25) is 9.36 Å². The fraction of sp³-hybridized carbons (Fsp3) is 0.120. The molecule has 4 nitrogen and oxygen atoms in total. The average Bonchev–Trinajstić information content (AvgIpc) is 3.25. The summed E-state index contributed by atoms with van der Waals surface area (Å²) < 4.78 is 2.00. The third kappa shape index (κ3) is 3.34. The number of hydrogen-bond donors (Lipinski definition) is 0. The molecule has 0 radical (unpaired) electrons. The summed E-state index contributed by atoms with van der Waals surface area (Å²) in [6.45, 7) is 1.35. The van der Waals surface area contributed by atoms with Gasteiger partial charge in [-0.2, -0.15) is 0 Å². The Morgan fingerprint density at radius 2 is 1.45 bits per heavy atom. The SMILES string of the molecule is O=C(c1cn(-c2ccccc2)c(-c2ccccc2)n1)N1CCc2ccccc2C1. The molecule has 142 valence electrons. The molecule has 0 fully saturated rings. The zero-order valence-electron chi connectivity index (χ0n) is 16.0. The molecule has 5 rings (SSSR count). The Kier molecular flexibility index (Phi) is 4.45. The number of amides is 1. The molecule has 0 saturated heterocycles. The van der Waals surface area contributed by atoms with Gasteiger partial charge in [-0.1, -0.05) is 72.8 Å². The third-order valence-electron chi connectivity index (χ3n) is 5.41. The number of para-hydroxylation sites is 1. The molecule has 1 amide bonds. The second-order valence-corrected chi connectivity index (χ2v) is 7.27. The lowest BCUT2D eigenvalue weighted by Crippen LogP contribution is -2.36. The van der Waals surface area contributed by atoms with Crippen molar-refractivity contribution in [1.29, 1.82) is 0 Å². The summed E-state index contributed by atoms with van der Waals surface area (Å²) in [6, 6.07) is 28.4. The minimum absolute atomic E-state index is 0.0219. The lowest BCUT2D eigenvalue weighted by molar-refractivity contribution is 0.0729. The van der Waals surface area contributed by atoms with Gasteiger partial charge < -0.3 is 4.90 Å². The van der Waals surface area contributed by atoms with Crippen LogP contribution in [0.3, 0.4) is 0 Å². The highest BCUT2D eigenvalue weighted by Crippen LogP contribution is 2.25. The molecule has 1 aliphatic rings. The summed E-state index contributed by atoms with van der Waals surface area (Å²) in [6.07, 6.45) is 2.74. The van der Waals surface area contributed by atoms with Crippen LogP contribution in [0.25, 0.3) is 17.1 Å². The molecule has 1 aliphatic heterocycles. The number of carbonyl (C=O) groups excluding carboxylic acids is 1. The van der Waals surface area contributed by atoms with Crippen molar-refractivity contribution in [3.63, 3.8) is 0 Å². The van der Waals surface area contributed by atoms with Gasteiger partial charge in [0.2, 0.25) is 0 Å². The van der Waals surface area contributed by atoms with Gasteiger partial charge in [0.15, 0.2) is 0 Å². The van der Waals surface area contributed by atoms with Crippen LogP contribution >= 0.6 is 0 Å². The topological polar surface area (TPSA) is 38.1 Å². The van der Waals surface area contributed by atoms with Gasteiger partial charge in [-0.05, 0) is 29.7 Å². The molecule has 0 N–H and O–H groups in total. The number of benzene rings is 3. The maximum atomic E-state index is 13.3. The molecule has 0 atom stereocenters. The summed E-state index contributed by atoms with van der Waals surface area (Å²) in [7, 11) is 0. The lowest BCUT2D eigenvalue weighted by Gasteiger charge is -2.28. The first kappa shape index (κ1) is 17.4. The first-order chi connectivity index (χ1) is 14.3. The van der Waals surface area contributed by atoms with Crippen molar-refractivity contribution >= 4 is 5.91 Å². The maximum absolute atomic E-state index is 13.3. The van der Waals surface area contributed by atoms with Crippen LogP contribution in [0.4, 0.5) is 0 Å². The Hall–Kier alpha value is -3.66. The predicted molar refractivity (Wildman–Crippen MR) is 114 cm³/mol. The number of nitrogens with zero attached hydrogens (tertiary/aromatic N) is 3. The number of imidazole rings is 1. The quantitative estimate of drug-likeness (QED) is 0.516. The van der Waals surface area contributed by atoms with Crippen LogP contribution < -0.4 is 0 Å². The molecule has 0 unspecified atom stereocenters. The first-order valence-electron chi connectivity index (χ1n) is 9.86. The number of carbonyl (C=O) groups is 1. The molecule has 29 heavy (non-hydrogen) atoms. The monoisotopic (exact) mass is 379 g/mol. The van der Waals surface area contributed by atoms with Crippen LogP contribution in [0.5, 0.6) is 0 Å². The van der Waals surface area contributed by atoms with Crippen LogP contribution in [-0.4, -0.2) is 26.9 Å². The molecule has 4 aromatic rings. The predicted octanol–water partition coefficient (Wildman–Crippen LogP) is 4.74. The normalized spacial score (nSPS) is 13.2. The molecule has 1 aromatic heterocycles. The van der Waals surface area contributed by atoms with Crippen LogP contribution in [0.2, 0.25) is 0 Å². The smallest absolute Gasteiger partial charge is 0.274 e.